The Labute approximate surface area is 73.2 Å². The molecule has 0 unspecified atom stereocenters. The summed E-state index contributed by atoms with van der Waals surface area (Å²) in [5.41, 5.74) is 0.977. The van der Waals surface area contributed by atoms with Crippen LogP contribution in [0.2, 0.25) is 0 Å². The molecule has 0 fully saturated rings. The van der Waals surface area contributed by atoms with Crippen molar-refractivity contribution in [3.8, 4) is 0 Å². The summed E-state index contributed by atoms with van der Waals surface area (Å²) in [7, 11) is 0. The summed E-state index contributed by atoms with van der Waals surface area (Å²) >= 11 is 1.76. The summed E-state index contributed by atoms with van der Waals surface area (Å²) in [5.74, 6) is 0. The van der Waals surface area contributed by atoms with Gasteiger partial charge in [-0.1, -0.05) is 0 Å². The van der Waals surface area contributed by atoms with Gasteiger partial charge in [-0.15, -0.1) is 11.3 Å². The lowest BCUT2D eigenvalue weighted by molar-refractivity contribution is 0.616. The van der Waals surface area contributed by atoms with Gasteiger partial charge >= 0.3 is 0 Å². The quantitative estimate of drug-likeness (QED) is 0.507. The van der Waals surface area contributed by atoms with Crippen molar-refractivity contribution in [2.24, 2.45) is 0 Å². The van der Waals surface area contributed by atoms with E-state index < -0.39 is 0 Å². The van der Waals surface area contributed by atoms with Gasteiger partial charge in [0.05, 0.1) is 6.26 Å². The molecule has 0 radical (unpaired) electrons. The van der Waals surface area contributed by atoms with Gasteiger partial charge in [-0.25, -0.2) is 0 Å². The average molecular weight is 174 g/mol. The first-order chi connectivity index (χ1) is 5.95. The van der Waals surface area contributed by atoms with Crippen molar-refractivity contribution in [3.05, 3.63) is 35.9 Å². The highest BCUT2D eigenvalue weighted by Crippen LogP contribution is 2.29. The van der Waals surface area contributed by atoms with Crippen LogP contribution in [0.5, 0.6) is 0 Å². The second-order valence-corrected chi connectivity index (χ2v) is 3.65. The molecule has 2 aromatic heterocycles. The molecule has 0 bridgehead atoms. The molecule has 0 spiro atoms. The Kier molecular flexibility index (Phi) is 1.10. The maximum Gasteiger partial charge on any atom is 0.135 e. The third-order valence-corrected chi connectivity index (χ3v) is 3.01. The summed E-state index contributed by atoms with van der Waals surface area (Å²) in [6.45, 7) is 0. The fraction of sp³-hybridized carbons (Fsp3) is 0. The molecule has 3 rings (SSSR count). The lowest BCUT2D eigenvalue weighted by atomic mass is 10.2. The standard InChI is InChI=1S/C10H6OS/c1-2-9-8(3-5-11-9)10-7(1)4-6-12-10/h1-6H. The Morgan fingerprint density at radius 2 is 2.08 bits per heavy atom. The van der Waals surface area contributed by atoms with Gasteiger partial charge in [-0.05, 0) is 35.0 Å². The van der Waals surface area contributed by atoms with Gasteiger partial charge in [0.1, 0.15) is 5.58 Å². The van der Waals surface area contributed by atoms with Crippen LogP contribution >= 0.6 is 11.3 Å². The maximum atomic E-state index is 5.30. The van der Waals surface area contributed by atoms with E-state index in [-0.39, 0.29) is 0 Å². The van der Waals surface area contributed by atoms with Crippen molar-refractivity contribution in [3.63, 3.8) is 0 Å². The number of benzene rings is 1. The van der Waals surface area contributed by atoms with Crippen LogP contribution in [0, 0.1) is 0 Å². The van der Waals surface area contributed by atoms with Crippen LogP contribution in [0.3, 0.4) is 0 Å². The minimum absolute atomic E-state index is 0.977. The molecule has 2 heteroatoms. The number of rotatable bonds is 0. The zero-order valence-corrected chi connectivity index (χ0v) is 7.10. The van der Waals surface area contributed by atoms with E-state index in [9.17, 15) is 0 Å². The average Bonchev–Trinajstić information content (AvgIpc) is 2.71. The summed E-state index contributed by atoms with van der Waals surface area (Å²) in [4.78, 5) is 0. The molecule has 3 aromatic rings. The lowest BCUT2D eigenvalue weighted by Gasteiger charge is -1.89. The van der Waals surface area contributed by atoms with E-state index in [0.29, 0.717) is 0 Å². The maximum absolute atomic E-state index is 5.30. The van der Waals surface area contributed by atoms with Gasteiger partial charge in [0.15, 0.2) is 0 Å². The normalized spacial score (nSPS) is 11.3. The van der Waals surface area contributed by atoms with Crippen molar-refractivity contribution < 1.29 is 4.42 Å². The van der Waals surface area contributed by atoms with Crippen LogP contribution in [-0.4, -0.2) is 0 Å². The first kappa shape index (κ1) is 6.26. The van der Waals surface area contributed by atoms with Crippen LogP contribution in [0.15, 0.2) is 40.3 Å². The van der Waals surface area contributed by atoms with Crippen LogP contribution in [0.4, 0.5) is 0 Å². The second-order valence-electron chi connectivity index (χ2n) is 2.74. The Morgan fingerprint density at radius 1 is 1.08 bits per heavy atom. The molecule has 0 atom stereocenters. The molecule has 0 saturated carbocycles. The molecule has 2 heterocycles. The molecule has 0 amide bonds. The lowest BCUT2D eigenvalue weighted by Crippen LogP contribution is -1.63. The molecular formula is C10H6OS. The SMILES string of the molecule is c1cc2c(ccc3ccsc32)o1. The number of thiophene rings is 1. The summed E-state index contributed by atoms with van der Waals surface area (Å²) < 4.78 is 6.62. The van der Waals surface area contributed by atoms with Crippen LogP contribution in [0.1, 0.15) is 0 Å². The Balaban J connectivity index is 2.71. The molecular weight excluding hydrogens is 168 g/mol. The highest BCUT2D eigenvalue weighted by Gasteiger charge is 2.02. The van der Waals surface area contributed by atoms with E-state index in [1.807, 2.05) is 12.1 Å². The number of hydrogen-bond donors (Lipinski definition) is 0. The van der Waals surface area contributed by atoms with E-state index in [4.69, 9.17) is 4.42 Å². The highest BCUT2D eigenvalue weighted by atomic mass is 32.1. The largest absolute Gasteiger partial charge is 0.464 e. The molecule has 0 N–H and O–H groups in total. The third-order valence-electron chi connectivity index (χ3n) is 2.05. The Hall–Kier alpha value is -1.28. The summed E-state index contributed by atoms with van der Waals surface area (Å²) in [6, 6.07) is 8.27. The molecule has 1 nitrogen and oxygen atoms in total. The molecule has 1 aromatic carbocycles. The molecule has 0 aliphatic heterocycles. The first-order valence-corrected chi connectivity index (χ1v) is 4.66. The van der Waals surface area contributed by atoms with E-state index in [1.54, 1.807) is 17.6 Å². The van der Waals surface area contributed by atoms with Crippen LogP contribution < -0.4 is 0 Å². The summed E-state index contributed by atoms with van der Waals surface area (Å²) in [5, 5.41) is 4.63. The van der Waals surface area contributed by atoms with Gasteiger partial charge < -0.3 is 4.42 Å². The first-order valence-electron chi connectivity index (χ1n) is 3.78. The Bertz CT molecular complexity index is 483. The van der Waals surface area contributed by atoms with E-state index in [1.165, 1.54) is 15.5 Å². The van der Waals surface area contributed by atoms with Crippen LogP contribution in [0.25, 0.3) is 21.1 Å². The van der Waals surface area contributed by atoms with E-state index in [2.05, 4.69) is 17.5 Å². The molecule has 12 heavy (non-hydrogen) atoms. The predicted octanol–water partition coefficient (Wildman–Crippen LogP) is 3.65. The smallest absolute Gasteiger partial charge is 0.135 e. The zero-order valence-electron chi connectivity index (χ0n) is 6.28. The highest BCUT2D eigenvalue weighted by molar-refractivity contribution is 7.18. The van der Waals surface area contributed by atoms with Crippen molar-refractivity contribution in [1.82, 2.24) is 0 Å². The molecule has 0 aliphatic carbocycles. The minimum atomic E-state index is 0.977. The summed E-state index contributed by atoms with van der Waals surface area (Å²) in [6.07, 6.45) is 1.74. The molecule has 0 saturated heterocycles. The van der Waals surface area contributed by atoms with E-state index in [0.717, 1.165) is 5.58 Å². The van der Waals surface area contributed by atoms with Gasteiger partial charge in [0.2, 0.25) is 0 Å². The fourth-order valence-electron chi connectivity index (χ4n) is 1.47. The topological polar surface area (TPSA) is 13.1 Å². The fourth-order valence-corrected chi connectivity index (χ4v) is 2.39. The minimum Gasteiger partial charge on any atom is -0.464 e. The van der Waals surface area contributed by atoms with Gasteiger partial charge in [-0.3, -0.25) is 0 Å². The second kappa shape index (κ2) is 2.11. The predicted molar refractivity (Wildman–Crippen MR) is 51.6 cm³/mol. The van der Waals surface area contributed by atoms with Gasteiger partial charge in [0.25, 0.3) is 0 Å². The number of fused-ring (bicyclic) bond motifs is 3. The Morgan fingerprint density at radius 3 is 3.08 bits per heavy atom. The van der Waals surface area contributed by atoms with Crippen LogP contribution in [-0.2, 0) is 0 Å². The number of hydrogen-bond acceptors (Lipinski definition) is 2. The molecule has 58 valence electrons. The monoisotopic (exact) mass is 174 g/mol. The van der Waals surface area contributed by atoms with Crippen molar-refractivity contribution in [1.29, 1.82) is 0 Å². The number of furan rings is 1. The van der Waals surface area contributed by atoms with Gasteiger partial charge in [0, 0.05) is 10.1 Å². The third kappa shape index (κ3) is 0.676. The zero-order chi connectivity index (χ0) is 7.97. The molecule has 0 aliphatic rings. The van der Waals surface area contributed by atoms with Crippen molar-refractivity contribution >= 4 is 32.4 Å². The van der Waals surface area contributed by atoms with E-state index >= 15 is 0 Å². The van der Waals surface area contributed by atoms with Crippen molar-refractivity contribution in [2.45, 2.75) is 0 Å². The van der Waals surface area contributed by atoms with Gasteiger partial charge in [-0.2, -0.15) is 0 Å². The van der Waals surface area contributed by atoms with Crippen molar-refractivity contribution in [2.75, 3.05) is 0 Å².